The first-order chi connectivity index (χ1) is 12.5. The molecule has 1 heterocycles. The van der Waals surface area contributed by atoms with Crippen LogP contribution >= 0.6 is 0 Å². The molecule has 7 nitrogen and oxygen atoms in total. The molecule has 3 rings (SSSR count). The minimum atomic E-state index is -0.618. The van der Waals surface area contributed by atoms with Crippen LogP contribution in [-0.2, 0) is 4.79 Å². The van der Waals surface area contributed by atoms with Crippen molar-refractivity contribution in [2.75, 3.05) is 12.1 Å². The van der Waals surface area contributed by atoms with Crippen molar-refractivity contribution >= 4 is 23.7 Å². The standard InChI is InChI=1S/C19H19N3O4/c1-12(14-4-6-15(7-5-14)22-19(20)24)21-18(23)9-3-13-2-8-16-17(10-13)26-11-25-16/h2-10,12H,11H2,1H3,(H,21,23)(H3,20,22,24)/b9-3-/t12-/m0/s1. The highest BCUT2D eigenvalue weighted by atomic mass is 16.7. The average Bonchev–Trinajstić information content (AvgIpc) is 3.07. The molecule has 0 fully saturated rings. The van der Waals surface area contributed by atoms with E-state index in [-0.39, 0.29) is 18.7 Å². The maximum absolute atomic E-state index is 12.1. The number of fused-ring (bicyclic) bond motifs is 1. The van der Waals surface area contributed by atoms with Crippen LogP contribution in [0.5, 0.6) is 11.5 Å². The van der Waals surface area contributed by atoms with Crippen LogP contribution in [0.4, 0.5) is 10.5 Å². The number of ether oxygens (including phenoxy) is 2. The normalized spacial score (nSPS) is 13.4. The van der Waals surface area contributed by atoms with Gasteiger partial charge in [0.1, 0.15) is 0 Å². The Morgan fingerprint density at radius 2 is 1.85 bits per heavy atom. The van der Waals surface area contributed by atoms with Gasteiger partial charge in [-0.05, 0) is 48.4 Å². The number of benzene rings is 2. The SMILES string of the molecule is C[C@H](NC(=O)/C=C\c1ccc2c(c1)OCO2)c1ccc(NC(N)=O)cc1. The van der Waals surface area contributed by atoms with E-state index in [0.717, 1.165) is 11.1 Å². The lowest BCUT2D eigenvalue weighted by atomic mass is 10.1. The number of nitrogens with one attached hydrogen (secondary N) is 2. The summed E-state index contributed by atoms with van der Waals surface area (Å²) in [7, 11) is 0. The molecule has 0 aliphatic carbocycles. The van der Waals surface area contributed by atoms with Crippen LogP contribution in [0.25, 0.3) is 6.08 Å². The maximum Gasteiger partial charge on any atom is 0.316 e. The van der Waals surface area contributed by atoms with Gasteiger partial charge in [-0.1, -0.05) is 18.2 Å². The molecule has 134 valence electrons. The fourth-order valence-electron chi connectivity index (χ4n) is 2.53. The Balaban J connectivity index is 1.57. The summed E-state index contributed by atoms with van der Waals surface area (Å²) in [6.45, 7) is 2.09. The lowest BCUT2D eigenvalue weighted by molar-refractivity contribution is -0.117. The summed E-state index contributed by atoms with van der Waals surface area (Å²) in [5.41, 5.74) is 7.42. The zero-order valence-corrected chi connectivity index (χ0v) is 14.2. The van der Waals surface area contributed by atoms with Crippen LogP contribution in [0.2, 0.25) is 0 Å². The fraction of sp³-hybridized carbons (Fsp3) is 0.158. The number of hydrogen-bond acceptors (Lipinski definition) is 4. The number of anilines is 1. The molecular formula is C19H19N3O4. The zero-order chi connectivity index (χ0) is 18.5. The second-order valence-corrected chi connectivity index (χ2v) is 5.79. The summed E-state index contributed by atoms with van der Waals surface area (Å²) in [4.78, 5) is 22.9. The van der Waals surface area contributed by atoms with E-state index in [2.05, 4.69) is 10.6 Å². The van der Waals surface area contributed by atoms with E-state index in [1.54, 1.807) is 18.2 Å². The molecule has 7 heteroatoms. The van der Waals surface area contributed by atoms with Crippen LogP contribution in [-0.4, -0.2) is 18.7 Å². The number of carbonyl (C=O) groups excluding carboxylic acids is 2. The average molecular weight is 353 g/mol. The van der Waals surface area contributed by atoms with Gasteiger partial charge in [0.15, 0.2) is 11.5 Å². The molecule has 0 saturated carbocycles. The predicted molar refractivity (Wildman–Crippen MR) is 97.8 cm³/mol. The second kappa shape index (κ2) is 7.60. The number of primary amides is 1. The third-order valence-electron chi connectivity index (χ3n) is 3.86. The molecule has 0 radical (unpaired) electrons. The Kier molecular flexibility index (Phi) is 5.07. The van der Waals surface area contributed by atoms with E-state index >= 15 is 0 Å². The molecule has 0 saturated heterocycles. The van der Waals surface area contributed by atoms with Gasteiger partial charge in [0, 0.05) is 11.8 Å². The molecule has 1 atom stereocenters. The summed E-state index contributed by atoms with van der Waals surface area (Å²) in [6, 6.07) is 11.8. The predicted octanol–water partition coefficient (Wildman–Crippen LogP) is 2.80. The van der Waals surface area contributed by atoms with E-state index in [0.29, 0.717) is 17.2 Å². The van der Waals surface area contributed by atoms with Crippen molar-refractivity contribution in [1.29, 1.82) is 0 Å². The molecule has 1 aliphatic heterocycles. The molecule has 3 amide bonds. The lowest BCUT2D eigenvalue weighted by Gasteiger charge is -2.13. The van der Waals surface area contributed by atoms with Crippen LogP contribution in [0.1, 0.15) is 24.1 Å². The van der Waals surface area contributed by atoms with E-state index < -0.39 is 6.03 Å². The molecular weight excluding hydrogens is 334 g/mol. The van der Waals surface area contributed by atoms with Gasteiger partial charge in [-0.3, -0.25) is 4.79 Å². The van der Waals surface area contributed by atoms with Crippen LogP contribution in [0.3, 0.4) is 0 Å². The Morgan fingerprint density at radius 3 is 2.58 bits per heavy atom. The van der Waals surface area contributed by atoms with Crippen molar-refractivity contribution in [2.24, 2.45) is 5.73 Å². The van der Waals surface area contributed by atoms with E-state index in [4.69, 9.17) is 15.2 Å². The smallest absolute Gasteiger partial charge is 0.316 e. The van der Waals surface area contributed by atoms with E-state index in [1.165, 1.54) is 6.08 Å². The number of hydrogen-bond donors (Lipinski definition) is 3. The molecule has 0 bridgehead atoms. The summed E-state index contributed by atoms with van der Waals surface area (Å²) in [5.74, 6) is 1.16. The summed E-state index contributed by atoms with van der Waals surface area (Å²) in [6.07, 6.45) is 3.18. The van der Waals surface area contributed by atoms with Gasteiger partial charge in [-0.2, -0.15) is 0 Å². The quantitative estimate of drug-likeness (QED) is 0.719. The molecule has 0 aromatic heterocycles. The molecule has 0 unspecified atom stereocenters. The van der Waals surface area contributed by atoms with Crippen molar-refractivity contribution in [3.05, 3.63) is 59.7 Å². The third-order valence-corrected chi connectivity index (χ3v) is 3.86. The molecule has 1 aliphatic rings. The van der Waals surface area contributed by atoms with Gasteiger partial charge in [-0.25, -0.2) is 4.79 Å². The van der Waals surface area contributed by atoms with Crippen LogP contribution in [0.15, 0.2) is 48.5 Å². The first-order valence-electron chi connectivity index (χ1n) is 8.06. The van der Waals surface area contributed by atoms with Crippen molar-refractivity contribution in [2.45, 2.75) is 13.0 Å². The molecule has 4 N–H and O–H groups in total. The highest BCUT2D eigenvalue weighted by molar-refractivity contribution is 5.92. The van der Waals surface area contributed by atoms with E-state index in [9.17, 15) is 9.59 Å². The summed E-state index contributed by atoms with van der Waals surface area (Å²) in [5, 5.41) is 5.37. The molecule has 2 aromatic rings. The number of carbonyl (C=O) groups is 2. The van der Waals surface area contributed by atoms with Crippen LogP contribution < -0.4 is 25.8 Å². The molecule has 0 spiro atoms. The van der Waals surface area contributed by atoms with Gasteiger partial charge in [0.05, 0.1) is 6.04 Å². The highest BCUT2D eigenvalue weighted by Gasteiger charge is 2.12. The number of nitrogens with two attached hydrogens (primary N) is 1. The largest absolute Gasteiger partial charge is 0.454 e. The molecule has 2 aromatic carbocycles. The van der Waals surface area contributed by atoms with Gasteiger partial charge >= 0.3 is 6.03 Å². The number of amides is 3. The van der Waals surface area contributed by atoms with Gasteiger partial charge in [0.2, 0.25) is 12.7 Å². The Morgan fingerprint density at radius 1 is 1.12 bits per heavy atom. The van der Waals surface area contributed by atoms with Crippen LogP contribution in [0, 0.1) is 0 Å². The lowest BCUT2D eigenvalue weighted by Crippen LogP contribution is -2.24. The summed E-state index contributed by atoms with van der Waals surface area (Å²) >= 11 is 0. The first kappa shape index (κ1) is 17.3. The minimum Gasteiger partial charge on any atom is -0.454 e. The Hall–Kier alpha value is -3.48. The van der Waals surface area contributed by atoms with Crippen molar-refractivity contribution in [3.8, 4) is 11.5 Å². The van der Waals surface area contributed by atoms with Gasteiger partial charge < -0.3 is 25.8 Å². The van der Waals surface area contributed by atoms with Crippen molar-refractivity contribution in [3.63, 3.8) is 0 Å². The monoisotopic (exact) mass is 353 g/mol. The highest BCUT2D eigenvalue weighted by Crippen LogP contribution is 2.32. The van der Waals surface area contributed by atoms with Gasteiger partial charge in [0.25, 0.3) is 0 Å². The Labute approximate surface area is 150 Å². The molecule has 26 heavy (non-hydrogen) atoms. The summed E-state index contributed by atoms with van der Waals surface area (Å²) < 4.78 is 10.6. The topological polar surface area (TPSA) is 103 Å². The number of rotatable bonds is 5. The van der Waals surface area contributed by atoms with Gasteiger partial charge in [-0.15, -0.1) is 0 Å². The zero-order valence-electron chi connectivity index (χ0n) is 14.2. The minimum absolute atomic E-state index is 0.188. The Bertz CT molecular complexity index is 846. The van der Waals surface area contributed by atoms with E-state index in [1.807, 2.05) is 37.3 Å². The second-order valence-electron chi connectivity index (χ2n) is 5.79. The first-order valence-corrected chi connectivity index (χ1v) is 8.06. The van der Waals surface area contributed by atoms with Crippen molar-refractivity contribution < 1.29 is 19.1 Å². The number of urea groups is 1. The maximum atomic E-state index is 12.1. The fourth-order valence-corrected chi connectivity index (χ4v) is 2.53. The third kappa shape index (κ3) is 4.32. The van der Waals surface area contributed by atoms with Crippen molar-refractivity contribution in [1.82, 2.24) is 5.32 Å².